The number of carbonyl (C=O) groups excluding carboxylic acids is 1. The second kappa shape index (κ2) is 5.77. The van der Waals surface area contributed by atoms with Crippen molar-refractivity contribution in [2.45, 2.75) is 6.92 Å². The zero-order valence-corrected chi connectivity index (χ0v) is 11.7. The van der Waals surface area contributed by atoms with Gasteiger partial charge in [0, 0.05) is 29.7 Å². The summed E-state index contributed by atoms with van der Waals surface area (Å²) < 4.78 is 18.7. The summed E-state index contributed by atoms with van der Waals surface area (Å²) in [6.07, 6.45) is 3.14. The van der Waals surface area contributed by atoms with Gasteiger partial charge in [-0.1, -0.05) is 17.3 Å². The molecule has 0 atom stereocenters. The van der Waals surface area contributed by atoms with Gasteiger partial charge in [0.1, 0.15) is 5.82 Å². The number of rotatable bonds is 3. The Hall–Kier alpha value is -3.02. The van der Waals surface area contributed by atoms with Crippen LogP contribution in [-0.4, -0.2) is 16.0 Å². The molecule has 1 amide bonds. The summed E-state index contributed by atoms with van der Waals surface area (Å²) in [4.78, 5) is 15.9. The van der Waals surface area contributed by atoms with Crippen molar-refractivity contribution in [3.05, 3.63) is 65.9 Å². The Morgan fingerprint density at radius 3 is 2.68 bits per heavy atom. The topological polar surface area (TPSA) is 68.0 Å². The quantitative estimate of drug-likeness (QED) is 0.804. The average molecular weight is 297 g/mol. The predicted octanol–water partition coefficient (Wildman–Crippen LogP) is 3.44. The third-order valence-electron chi connectivity index (χ3n) is 3.14. The van der Waals surface area contributed by atoms with Gasteiger partial charge in [-0.15, -0.1) is 0 Å². The number of nitrogens with zero attached hydrogens (tertiary/aromatic N) is 2. The van der Waals surface area contributed by atoms with Crippen LogP contribution in [0.25, 0.3) is 11.3 Å². The molecule has 0 aliphatic carbocycles. The largest absolute Gasteiger partial charge is 0.355 e. The number of pyridine rings is 1. The van der Waals surface area contributed by atoms with Gasteiger partial charge in [0.25, 0.3) is 5.91 Å². The van der Waals surface area contributed by atoms with Gasteiger partial charge in [-0.2, -0.15) is 0 Å². The van der Waals surface area contributed by atoms with Crippen molar-refractivity contribution in [3.8, 4) is 11.3 Å². The van der Waals surface area contributed by atoms with E-state index in [9.17, 15) is 9.18 Å². The standard InChI is InChI=1S/C16H12FN3O2/c1-10-2-3-11(8-13(10)17)15-9-14(20-22-15)16(21)19-12-4-6-18-7-5-12/h2-9H,1H3,(H,18,19,21). The molecule has 1 N–H and O–H groups in total. The lowest BCUT2D eigenvalue weighted by Gasteiger charge is -2.00. The number of aryl methyl sites for hydroxylation is 1. The Balaban J connectivity index is 1.81. The van der Waals surface area contributed by atoms with Crippen LogP contribution < -0.4 is 5.32 Å². The molecular formula is C16H12FN3O2. The fraction of sp³-hybridized carbons (Fsp3) is 0.0625. The first-order valence-electron chi connectivity index (χ1n) is 6.58. The highest BCUT2D eigenvalue weighted by molar-refractivity contribution is 6.03. The van der Waals surface area contributed by atoms with E-state index in [-0.39, 0.29) is 11.5 Å². The van der Waals surface area contributed by atoms with Crippen LogP contribution >= 0.6 is 0 Å². The monoisotopic (exact) mass is 297 g/mol. The molecule has 1 aromatic carbocycles. The van der Waals surface area contributed by atoms with E-state index in [0.29, 0.717) is 22.6 Å². The Morgan fingerprint density at radius 2 is 1.95 bits per heavy atom. The molecule has 0 spiro atoms. The van der Waals surface area contributed by atoms with Gasteiger partial charge >= 0.3 is 0 Å². The second-order valence-corrected chi connectivity index (χ2v) is 4.73. The van der Waals surface area contributed by atoms with Crippen LogP contribution in [0, 0.1) is 12.7 Å². The van der Waals surface area contributed by atoms with Gasteiger partial charge in [-0.3, -0.25) is 9.78 Å². The summed E-state index contributed by atoms with van der Waals surface area (Å²) in [5.41, 5.74) is 1.79. The van der Waals surface area contributed by atoms with Crippen molar-refractivity contribution < 1.29 is 13.7 Å². The van der Waals surface area contributed by atoms with Crippen molar-refractivity contribution in [2.75, 3.05) is 5.32 Å². The normalized spacial score (nSPS) is 10.5. The van der Waals surface area contributed by atoms with Gasteiger partial charge in [0.2, 0.25) is 0 Å². The molecule has 3 aromatic rings. The molecule has 0 fully saturated rings. The minimum atomic E-state index is -0.409. The molecule has 0 aliphatic heterocycles. The van der Waals surface area contributed by atoms with Crippen molar-refractivity contribution in [1.82, 2.24) is 10.1 Å². The molecule has 0 bridgehead atoms. The number of halogens is 1. The van der Waals surface area contributed by atoms with E-state index in [0.717, 1.165) is 0 Å². The van der Waals surface area contributed by atoms with E-state index < -0.39 is 5.91 Å². The molecular weight excluding hydrogens is 285 g/mol. The maximum absolute atomic E-state index is 13.6. The summed E-state index contributed by atoms with van der Waals surface area (Å²) >= 11 is 0. The van der Waals surface area contributed by atoms with Crippen LogP contribution in [0.15, 0.2) is 53.3 Å². The number of hydrogen-bond donors (Lipinski definition) is 1. The second-order valence-electron chi connectivity index (χ2n) is 4.73. The molecule has 110 valence electrons. The fourth-order valence-corrected chi connectivity index (χ4v) is 1.89. The maximum Gasteiger partial charge on any atom is 0.277 e. The number of amides is 1. The summed E-state index contributed by atoms with van der Waals surface area (Å²) in [6, 6.07) is 9.50. The van der Waals surface area contributed by atoms with E-state index in [1.54, 1.807) is 43.6 Å². The molecule has 0 aliphatic rings. The number of hydrogen-bond acceptors (Lipinski definition) is 4. The molecule has 3 rings (SSSR count). The summed E-state index contributed by atoms with van der Waals surface area (Å²) in [7, 11) is 0. The smallest absolute Gasteiger partial charge is 0.277 e. The van der Waals surface area contributed by atoms with Crippen LogP contribution in [0.1, 0.15) is 16.1 Å². The van der Waals surface area contributed by atoms with E-state index in [2.05, 4.69) is 15.5 Å². The highest BCUT2D eigenvalue weighted by Crippen LogP contribution is 2.23. The van der Waals surface area contributed by atoms with Crippen molar-refractivity contribution >= 4 is 11.6 Å². The lowest BCUT2D eigenvalue weighted by Crippen LogP contribution is -2.11. The average Bonchev–Trinajstić information content (AvgIpc) is 3.01. The van der Waals surface area contributed by atoms with E-state index >= 15 is 0 Å². The molecule has 2 heterocycles. The first-order valence-corrected chi connectivity index (χ1v) is 6.58. The molecule has 22 heavy (non-hydrogen) atoms. The third kappa shape index (κ3) is 2.85. The van der Waals surface area contributed by atoms with Gasteiger partial charge in [-0.25, -0.2) is 4.39 Å². The van der Waals surface area contributed by atoms with Gasteiger partial charge in [0.15, 0.2) is 11.5 Å². The van der Waals surface area contributed by atoms with Crippen molar-refractivity contribution in [2.24, 2.45) is 0 Å². The zero-order valence-electron chi connectivity index (χ0n) is 11.7. The van der Waals surface area contributed by atoms with Crippen LogP contribution in [0.4, 0.5) is 10.1 Å². The zero-order chi connectivity index (χ0) is 15.5. The maximum atomic E-state index is 13.6. The van der Waals surface area contributed by atoms with E-state index in [1.807, 2.05) is 0 Å². The van der Waals surface area contributed by atoms with Crippen molar-refractivity contribution in [3.63, 3.8) is 0 Å². The number of benzene rings is 1. The summed E-state index contributed by atoms with van der Waals surface area (Å²) in [5.74, 6) is -0.413. The fourth-order valence-electron chi connectivity index (χ4n) is 1.89. The van der Waals surface area contributed by atoms with Gasteiger partial charge < -0.3 is 9.84 Å². The Labute approximate surface area is 125 Å². The van der Waals surface area contributed by atoms with Crippen LogP contribution in [0.2, 0.25) is 0 Å². The lowest BCUT2D eigenvalue weighted by molar-refractivity contribution is 0.101. The summed E-state index contributed by atoms with van der Waals surface area (Å²) in [6.45, 7) is 1.67. The van der Waals surface area contributed by atoms with E-state index in [1.165, 1.54) is 12.1 Å². The number of carbonyl (C=O) groups is 1. The third-order valence-corrected chi connectivity index (χ3v) is 3.14. The minimum Gasteiger partial charge on any atom is -0.355 e. The summed E-state index contributed by atoms with van der Waals surface area (Å²) in [5, 5.41) is 6.38. The first kappa shape index (κ1) is 13.9. The molecule has 0 radical (unpaired) electrons. The molecule has 0 saturated heterocycles. The minimum absolute atomic E-state index is 0.118. The van der Waals surface area contributed by atoms with Crippen LogP contribution in [-0.2, 0) is 0 Å². The molecule has 5 nitrogen and oxygen atoms in total. The Bertz CT molecular complexity index is 815. The SMILES string of the molecule is Cc1ccc(-c2cc(C(=O)Nc3ccncc3)no2)cc1F. The Morgan fingerprint density at radius 1 is 1.18 bits per heavy atom. The highest BCUT2D eigenvalue weighted by atomic mass is 19.1. The van der Waals surface area contributed by atoms with Crippen molar-refractivity contribution in [1.29, 1.82) is 0 Å². The highest BCUT2D eigenvalue weighted by Gasteiger charge is 2.14. The van der Waals surface area contributed by atoms with E-state index in [4.69, 9.17) is 4.52 Å². The predicted molar refractivity (Wildman–Crippen MR) is 78.8 cm³/mol. The van der Waals surface area contributed by atoms with Crippen LogP contribution in [0.3, 0.4) is 0 Å². The van der Waals surface area contributed by atoms with Crippen LogP contribution in [0.5, 0.6) is 0 Å². The number of anilines is 1. The Kier molecular flexibility index (Phi) is 3.65. The first-order chi connectivity index (χ1) is 10.6. The number of nitrogens with one attached hydrogen (secondary N) is 1. The molecule has 0 unspecified atom stereocenters. The van der Waals surface area contributed by atoms with Gasteiger partial charge in [-0.05, 0) is 30.7 Å². The molecule has 0 saturated carbocycles. The molecule has 2 aromatic heterocycles. The number of aromatic nitrogens is 2. The van der Waals surface area contributed by atoms with Gasteiger partial charge in [0.05, 0.1) is 0 Å². The lowest BCUT2D eigenvalue weighted by atomic mass is 10.1. The molecule has 6 heteroatoms.